The Morgan fingerprint density at radius 1 is 1.08 bits per heavy atom. The molecule has 70 valence electrons. The summed E-state index contributed by atoms with van der Waals surface area (Å²) in [6.07, 6.45) is 2.69. The molecule has 12 heavy (non-hydrogen) atoms. The minimum Gasteiger partial charge on any atom is -0.303 e. The fourth-order valence-corrected chi connectivity index (χ4v) is 0.744. The summed E-state index contributed by atoms with van der Waals surface area (Å²) in [5.74, 6) is 0. The van der Waals surface area contributed by atoms with Crippen molar-refractivity contribution in [3.63, 3.8) is 0 Å². The lowest BCUT2D eigenvalue weighted by molar-refractivity contribution is 0.381. The Labute approximate surface area is 70.2 Å². The van der Waals surface area contributed by atoms with Crippen molar-refractivity contribution in [3.05, 3.63) is 0 Å². The fraction of sp³-hybridized carbons (Fsp3) is 0.600. The van der Waals surface area contributed by atoms with Gasteiger partial charge in [0.2, 0.25) is 0 Å². The third kappa shape index (κ3) is 7.32. The van der Waals surface area contributed by atoms with Crippen molar-refractivity contribution < 1.29 is 17.5 Å². The Balaban J connectivity index is 0.000000217. The summed E-state index contributed by atoms with van der Waals surface area (Å²) < 4.78 is 31.6. The van der Waals surface area contributed by atoms with Gasteiger partial charge in [0.15, 0.2) is 0 Å². The third-order valence-electron chi connectivity index (χ3n) is 1.22. The van der Waals surface area contributed by atoms with Gasteiger partial charge in [0.1, 0.15) is 0 Å². The normalized spacial score (nSPS) is 17.2. The Hall–Kier alpha value is -0.790. The number of hydrogen-bond acceptors (Lipinski definition) is 4. The molecular weight excluding hydrogens is 184 g/mol. The van der Waals surface area contributed by atoms with E-state index in [1.165, 1.54) is 0 Å². The molecule has 0 radical (unpaired) electrons. The van der Waals surface area contributed by atoms with Crippen LogP contribution in [0.1, 0.15) is 19.3 Å². The monoisotopic (exact) mass is 194 g/mol. The fourth-order valence-electron chi connectivity index (χ4n) is 0.744. The van der Waals surface area contributed by atoms with Gasteiger partial charge in [-0.3, -0.25) is 9.11 Å². The largest absolute Gasteiger partial charge is 0.394 e. The molecule has 1 aliphatic rings. The Bertz CT molecular complexity index is 260. The highest BCUT2D eigenvalue weighted by Gasteiger charge is 2.11. The minimum atomic E-state index is -4.67. The summed E-state index contributed by atoms with van der Waals surface area (Å²) in [5, 5.41) is 14.1. The van der Waals surface area contributed by atoms with Crippen molar-refractivity contribution in [2.24, 2.45) is 0 Å². The van der Waals surface area contributed by atoms with Gasteiger partial charge in [-0.25, -0.2) is 0 Å². The van der Waals surface area contributed by atoms with Gasteiger partial charge in [0, 0.05) is 0 Å². The van der Waals surface area contributed by atoms with Crippen molar-refractivity contribution in [2.75, 3.05) is 0 Å². The zero-order chi connectivity index (χ0) is 9.78. The topological polar surface area (TPSA) is 122 Å². The number of hydrogen-bond donors (Lipinski definition) is 4. The van der Waals surface area contributed by atoms with Crippen molar-refractivity contribution in [2.45, 2.75) is 19.3 Å². The Morgan fingerprint density at radius 2 is 1.33 bits per heavy atom. The van der Waals surface area contributed by atoms with Gasteiger partial charge in [-0.05, 0) is 19.3 Å². The summed E-state index contributed by atoms with van der Waals surface area (Å²) in [6.45, 7) is 0. The molecule has 6 nitrogen and oxygen atoms in total. The molecular formula is C5H10N2O4S. The van der Waals surface area contributed by atoms with Crippen LogP contribution < -0.4 is 0 Å². The molecule has 0 aromatic carbocycles. The van der Waals surface area contributed by atoms with E-state index in [2.05, 4.69) is 0 Å². The molecule has 7 heteroatoms. The second-order valence-electron chi connectivity index (χ2n) is 2.26. The highest BCUT2D eigenvalue weighted by atomic mass is 32.3. The van der Waals surface area contributed by atoms with E-state index < -0.39 is 10.4 Å². The Kier molecular flexibility index (Phi) is 4.01. The lowest BCUT2D eigenvalue weighted by Gasteiger charge is -1.83. The molecule has 0 unspecified atom stereocenters. The summed E-state index contributed by atoms with van der Waals surface area (Å²) in [6, 6.07) is 0. The third-order valence-corrected chi connectivity index (χ3v) is 1.22. The summed E-state index contributed by atoms with van der Waals surface area (Å²) in [4.78, 5) is 0. The first kappa shape index (κ1) is 11.2. The summed E-state index contributed by atoms with van der Waals surface area (Å²) in [5.41, 5.74) is 1.08. The first-order valence-corrected chi connectivity index (χ1v) is 4.55. The van der Waals surface area contributed by atoms with E-state index in [1.54, 1.807) is 0 Å². The lowest BCUT2D eigenvalue weighted by Crippen LogP contribution is -1.99. The van der Waals surface area contributed by atoms with Crippen LogP contribution in [-0.2, 0) is 10.4 Å². The minimum absolute atomic E-state index is 0.542. The zero-order valence-electron chi connectivity index (χ0n) is 6.24. The molecule has 0 aromatic rings. The van der Waals surface area contributed by atoms with E-state index in [0.29, 0.717) is 11.4 Å². The van der Waals surface area contributed by atoms with Crippen LogP contribution in [0.4, 0.5) is 0 Å². The quantitative estimate of drug-likeness (QED) is 0.420. The molecule has 1 fully saturated rings. The second-order valence-corrected chi connectivity index (χ2v) is 3.15. The highest BCUT2D eigenvalue weighted by Crippen LogP contribution is 2.08. The van der Waals surface area contributed by atoms with Crippen LogP contribution in [0.2, 0.25) is 0 Å². The van der Waals surface area contributed by atoms with Gasteiger partial charge < -0.3 is 10.8 Å². The molecule has 1 rings (SSSR count). The van der Waals surface area contributed by atoms with Gasteiger partial charge in [-0.15, -0.1) is 0 Å². The SMILES string of the molecule is N=C1CCCC1=N.O=S(=O)(O)O. The van der Waals surface area contributed by atoms with E-state index in [4.69, 9.17) is 28.3 Å². The molecule has 0 aromatic heterocycles. The standard InChI is InChI=1S/C5H8N2.H2O4S/c6-4-2-1-3-5(4)7;1-5(2,3)4/h6-7H,1-3H2;(H2,1,2,3,4). The molecule has 0 spiro atoms. The Morgan fingerprint density at radius 3 is 1.42 bits per heavy atom. The van der Waals surface area contributed by atoms with Gasteiger partial charge in [0.25, 0.3) is 0 Å². The van der Waals surface area contributed by atoms with E-state index in [0.717, 1.165) is 19.3 Å². The van der Waals surface area contributed by atoms with Crippen LogP contribution in [-0.4, -0.2) is 28.9 Å². The molecule has 1 aliphatic carbocycles. The lowest BCUT2D eigenvalue weighted by atomic mass is 10.3. The predicted molar refractivity (Wildman–Crippen MR) is 43.5 cm³/mol. The van der Waals surface area contributed by atoms with E-state index >= 15 is 0 Å². The van der Waals surface area contributed by atoms with Gasteiger partial charge in [-0.1, -0.05) is 0 Å². The maximum absolute atomic E-state index is 8.74. The van der Waals surface area contributed by atoms with E-state index in [-0.39, 0.29) is 0 Å². The van der Waals surface area contributed by atoms with E-state index in [1.807, 2.05) is 0 Å². The van der Waals surface area contributed by atoms with E-state index in [9.17, 15) is 0 Å². The molecule has 0 atom stereocenters. The number of rotatable bonds is 0. The molecule has 0 heterocycles. The van der Waals surface area contributed by atoms with Crippen molar-refractivity contribution in [1.82, 2.24) is 0 Å². The van der Waals surface area contributed by atoms with Crippen molar-refractivity contribution in [1.29, 1.82) is 10.8 Å². The maximum Gasteiger partial charge on any atom is 0.394 e. The molecule has 4 N–H and O–H groups in total. The zero-order valence-corrected chi connectivity index (χ0v) is 7.06. The number of nitrogens with one attached hydrogen (secondary N) is 2. The molecule has 0 amide bonds. The van der Waals surface area contributed by atoms with Crippen LogP contribution in [0.5, 0.6) is 0 Å². The summed E-state index contributed by atoms with van der Waals surface area (Å²) >= 11 is 0. The van der Waals surface area contributed by atoms with Crippen molar-refractivity contribution >= 4 is 21.8 Å². The van der Waals surface area contributed by atoms with Crippen molar-refractivity contribution in [3.8, 4) is 0 Å². The van der Waals surface area contributed by atoms with Gasteiger partial charge >= 0.3 is 10.4 Å². The highest BCUT2D eigenvalue weighted by molar-refractivity contribution is 7.79. The first-order chi connectivity index (χ1) is 5.30. The average Bonchev–Trinajstić information content (AvgIpc) is 2.12. The van der Waals surface area contributed by atoms with Crippen LogP contribution in [0.3, 0.4) is 0 Å². The smallest absolute Gasteiger partial charge is 0.303 e. The average molecular weight is 194 g/mol. The van der Waals surface area contributed by atoms with Crippen LogP contribution in [0.25, 0.3) is 0 Å². The van der Waals surface area contributed by atoms with Gasteiger partial charge in [-0.2, -0.15) is 8.42 Å². The molecule has 1 saturated carbocycles. The first-order valence-electron chi connectivity index (χ1n) is 3.16. The maximum atomic E-state index is 8.74. The van der Waals surface area contributed by atoms with Crippen LogP contribution in [0.15, 0.2) is 0 Å². The van der Waals surface area contributed by atoms with Gasteiger partial charge in [0.05, 0.1) is 11.4 Å². The second kappa shape index (κ2) is 4.29. The van der Waals surface area contributed by atoms with Crippen LogP contribution in [0, 0.1) is 10.8 Å². The van der Waals surface area contributed by atoms with Crippen LogP contribution >= 0.6 is 0 Å². The molecule has 0 bridgehead atoms. The molecule has 0 saturated heterocycles. The summed E-state index contributed by atoms with van der Waals surface area (Å²) in [7, 11) is -4.67. The molecule has 0 aliphatic heterocycles. The predicted octanol–water partition coefficient (Wildman–Crippen LogP) is 0.557.